The van der Waals surface area contributed by atoms with E-state index in [0.29, 0.717) is 5.02 Å². The largest absolute Gasteiger partial charge is 0.462 e. The molecule has 1 aromatic heterocycles. The van der Waals surface area contributed by atoms with Crippen LogP contribution in [-0.4, -0.2) is 17.6 Å². The van der Waals surface area contributed by atoms with Gasteiger partial charge in [0.1, 0.15) is 11.9 Å². The van der Waals surface area contributed by atoms with E-state index in [-0.39, 0.29) is 23.0 Å². The number of esters is 1. The minimum absolute atomic E-state index is 0.176. The van der Waals surface area contributed by atoms with Gasteiger partial charge in [-0.15, -0.1) is 0 Å². The number of nitrogens with one attached hydrogen (secondary N) is 1. The molecule has 0 aliphatic rings. The maximum absolute atomic E-state index is 11.3. The SMILES string of the molecule is CCOC(=O)/C(C#N)=C/Nc1ncc(Cl)cc1Cl. The second kappa shape index (κ2) is 6.84. The minimum atomic E-state index is -0.711. The molecule has 94 valence electrons. The first-order valence-corrected chi connectivity index (χ1v) is 5.69. The Labute approximate surface area is 114 Å². The van der Waals surface area contributed by atoms with Crippen molar-refractivity contribution < 1.29 is 9.53 Å². The van der Waals surface area contributed by atoms with Crippen molar-refractivity contribution in [3.05, 3.63) is 34.1 Å². The number of ether oxygens (including phenoxy) is 1. The highest BCUT2D eigenvalue weighted by atomic mass is 35.5. The summed E-state index contributed by atoms with van der Waals surface area (Å²) < 4.78 is 4.69. The molecular formula is C11H9Cl2N3O2. The van der Waals surface area contributed by atoms with Crippen molar-refractivity contribution >= 4 is 35.0 Å². The van der Waals surface area contributed by atoms with E-state index in [9.17, 15) is 4.79 Å². The standard InChI is InChI=1S/C11H9Cl2N3O2/c1-2-18-11(17)7(4-14)5-15-10-9(13)3-8(12)6-16-10/h3,5-6H,2H2,1H3,(H,15,16)/b7-5+. The smallest absolute Gasteiger partial charge is 0.350 e. The number of hydrogen-bond acceptors (Lipinski definition) is 5. The molecule has 18 heavy (non-hydrogen) atoms. The normalized spacial score (nSPS) is 10.7. The molecule has 7 heteroatoms. The van der Waals surface area contributed by atoms with E-state index in [1.807, 2.05) is 0 Å². The summed E-state index contributed by atoms with van der Waals surface area (Å²) in [4.78, 5) is 15.2. The number of carbonyl (C=O) groups excluding carboxylic acids is 1. The van der Waals surface area contributed by atoms with Gasteiger partial charge in [0.15, 0.2) is 5.57 Å². The Kier molecular flexibility index (Phi) is 5.43. The summed E-state index contributed by atoms with van der Waals surface area (Å²) in [5, 5.41) is 12.1. The molecule has 1 rings (SSSR count). The lowest BCUT2D eigenvalue weighted by atomic mass is 10.3. The van der Waals surface area contributed by atoms with Crippen LogP contribution in [0.2, 0.25) is 10.0 Å². The van der Waals surface area contributed by atoms with Crippen molar-refractivity contribution in [3.8, 4) is 6.07 Å². The van der Waals surface area contributed by atoms with Gasteiger partial charge in [-0.3, -0.25) is 0 Å². The topological polar surface area (TPSA) is 75.0 Å². The molecule has 0 amide bonds. The van der Waals surface area contributed by atoms with E-state index >= 15 is 0 Å². The van der Waals surface area contributed by atoms with Crippen molar-refractivity contribution in [2.45, 2.75) is 6.92 Å². The summed E-state index contributed by atoms with van der Waals surface area (Å²) in [6.07, 6.45) is 2.57. The third kappa shape index (κ3) is 3.91. The first-order valence-electron chi connectivity index (χ1n) is 4.93. The predicted molar refractivity (Wildman–Crippen MR) is 68.2 cm³/mol. The number of aromatic nitrogens is 1. The van der Waals surface area contributed by atoms with Gasteiger partial charge >= 0.3 is 5.97 Å². The van der Waals surface area contributed by atoms with E-state index in [2.05, 4.69) is 15.0 Å². The molecule has 0 radical (unpaired) electrons. The minimum Gasteiger partial charge on any atom is -0.462 e. The molecule has 0 spiro atoms. The molecule has 1 aromatic rings. The number of halogens is 2. The molecule has 0 saturated carbocycles. The summed E-state index contributed by atoms with van der Waals surface area (Å²) in [5.74, 6) is -0.421. The van der Waals surface area contributed by atoms with E-state index in [0.717, 1.165) is 0 Å². The molecule has 1 heterocycles. The molecule has 1 N–H and O–H groups in total. The van der Waals surface area contributed by atoms with Crippen LogP contribution < -0.4 is 5.32 Å². The van der Waals surface area contributed by atoms with Gasteiger partial charge in [-0.1, -0.05) is 23.2 Å². The number of nitrogens with zero attached hydrogens (tertiary/aromatic N) is 2. The summed E-state index contributed by atoms with van der Waals surface area (Å²) in [6, 6.07) is 3.20. The first kappa shape index (κ1) is 14.3. The molecule has 0 fully saturated rings. The zero-order valence-electron chi connectivity index (χ0n) is 9.41. The Balaban J connectivity index is 2.84. The Bertz CT molecular complexity index is 524. The van der Waals surface area contributed by atoms with Gasteiger partial charge in [-0.05, 0) is 13.0 Å². The van der Waals surface area contributed by atoms with Crippen LogP contribution in [-0.2, 0) is 9.53 Å². The lowest BCUT2D eigenvalue weighted by molar-refractivity contribution is -0.138. The zero-order chi connectivity index (χ0) is 13.5. The fourth-order valence-corrected chi connectivity index (χ4v) is 1.44. The predicted octanol–water partition coefficient (Wildman–Crippen LogP) is 2.77. The number of nitriles is 1. The van der Waals surface area contributed by atoms with E-state index in [1.54, 1.807) is 13.0 Å². The Morgan fingerprint density at radius 3 is 2.94 bits per heavy atom. The van der Waals surface area contributed by atoms with E-state index < -0.39 is 5.97 Å². The summed E-state index contributed by atoms with van der Waals surface area (Å²) in [7, 11) is 0. The van der Waals surface area contributed by atoms with Crippen LogP contribution in [0.5, 0.6) is 0 Å². The molecule has 0 aliphatic carbocycles. The van der Waals surface area contributed by atoms with Gasteiger partial charge in [-0.25, -0.2) is 9.78 Å². The molecule has 0 atom stereocenters. The van der Waals surface area contributed by atoms with Crippen molar-refractivity contribution in [1.82, 2.24) is 4.98 Å². The maximum Gasteiger partial charge on any atom is 0.350 e. The van der Waals surface area contributed by atoms with Crippen molar-refractivity contribution in [2.24, 2.45) is 0 Å². The first-order chi connectivity index (χ1) is 8.58. The molecular weight excluding hydrogens is 277 g/mol. The lowest BCUT2D eigenvalue weighted by Gasteiger charge is -2.04. The van der Waals surface area contributed by atoms with Gasteiger partial charge in [-0.2, -0.15) is 5.26 Å². The zero-order valence-corrected chi connectivity index (χ0v) is 10.9. The molecule has 0 saturated heterocycles. The van der Waals surface area contributed by atoms with Gasteiger partial charge in [0.25, 0.3) is 0 Å². The maximum atomic E-state index is 11.3. The number of anilines is 1. The highest BCUT2D eigenvalue weighted by molar-refractivity contribution is 6.36. The average molecular weight is 286 g/mol. The number of pyridine rings is 1. The summed E-state index contributed by atoms with van der Waals surface area (Å²) in [6.45, 7) is 1.84. The van der Waals surface area contributed by atoms with E-state index in [1.165, 1.54) is 18.5 Å². The van der Waals surface area contributed by atoms with Gasteiger partial charge in [0.2, 0.25) is 0 Å². The molecule has 5 nitrogen and oxygen atoms in total. The monoisotopic (exact) mass is 285 g/mol. The number of carbonyl (C=O) groups is 1. The fourth-order valence-electron chi connectivity index (χ4n) is 1.01. The van der Waals surface area contributed by atoms with Gasteiger partial charge in [0.05, 0.1) is 16.7 Å². The third-order valence-corrected chi connectivity index (χ3v) is 2.27. The van der Waals surface area contributed by atoms with Gasteiger partial charge < -0.3 is 10.1 Å². The van der Waals surface area contributed by atoms with Crippen molar-refractivity contribution in [2.75, 3.05) is 11.9 Å². The Hall–Kier alpha value is -1.77. The Morgan fingerprint density at radius 1 is 1.67 bits per heavy atom. The molecule has 0 aromatic carbocycles. The van der Waals surface area contributed by atoms with Crippen molar-refractivity contribution in [3.63, 3.8) is 0 Å². The number of rotatable bonds is 4. The van der Waals surface area contributed by atoms with Crippen LogP contribution in [0.4, 0.5) is 5.82 Å². The highest BCUT2D eigenvalue weighted by Crippen LogP contribution is 2.22. The molecule has 0 bridgehead atoms. The number of hydrogen-bond donors (Lipinski definition) is 1. The quantitative estimate of drug-likeness (QED) is 0.523. The third-order valence-electron chi connectivity index (χ3n) is 1.78. The Morgan fingerprint density at radius 2 is 2.39 bits per heavy atom. The van der Waals surface area contributed by atoms with Crippen LogP contribution in [0.15, 0.2) is 24.0 Å². The van der Waals surface area contributed by atoms with Crippen molar-refractivity contribution in [1.29, 1.82) is 5.26 Å². The average Bonchev–Trinajstić information content (AvgIpc) is 2.32. The van der Waals surface area contributed by atoms with Crippen LogP contribution >= 0.6 is 23.2 Å². The van der Waals surface area contributed by atoms with Crippen LogP contribution in [0.3, 0.4) is 0 Å². The van der Waals surface area contributed by atoms with Crippen LogP contribution in [0, 0.1) is 11.3 Å². The fraction of sp³-hybridized carbons (Fsp3) is 0.182. The summed E-state index contributed by atoms with van der Waals surface area (Å²) in [5.41, 5.74) is -0.176. The van der Waals surface area contributed by atoms with Crippen LogP contribution in [0.25, 0.3) is 0 Å². The molecule has 0 aliphatic heterocycles. The highest BCUT2D eigenvalue weighted by Gasteiger charge is 2.10. The lowest BCUT2D eigenvalue weighted by Crippen LogP contribution is -2.08. The summed E-state index contributed by atoms with van der Waals surface area (Å²) >= 11 is 11.5. The second-order valence-corrected chi connectivity index (χ2v) is 3.86. The van der Waals surface area contributed by atoms with Gasteiger partial charge in [0, 0.05) is 12.4 Å². The van der Waals surface area contributed by atoms with Crippen LogP contribution in [0.1, 0.15) is 6.92 Å². The van der Waals surface area contributed by atoms with E-state index in [4.69, 9.17) is 28.5 Å². The second-order valence-electron chi connectivity index (χ2n) is 3.02. The molecule has 0 unspecified atom stereocenters.